The van der Waals surface area contributed by atoms with Gasteiger partial charge in [0.05, 0.1) is 5.69 Å². The van der Waals surface area contributed by atoms with Crippen LogP contribution in [0.25, 0.3) is 0 Å². The average molecular weight is 340 g/mol. The molecule has 0 radical (unpaired) electrons. The van der Waals surface area contributed by atoms with Gasteiger partial charge in [0.15, 0.2) is 0 Å². The molecule has 1 heterocycles. The van der Waals surface area contributed by atoms with Gasteiger partial charge in [0.2, 0.25) is 11.8 Å². The van der Waals surface area contributed by atoms with Gasteiger partial charge in [0.1, 0.15) is 6.54 Å². The maximum absolute atomic E-state index is 12.2. The van der Waals surface area contributed by atoms with Crippen molar-refractivity contribution in [3.05, 3.63) is 57.5 Å². The standard InChI is InChI=1S/C18H20N4O3/c19-18(25)12-6-8-14(9-7-12)20-16(23)11-22-17(24)10-13-4-2-1-3-5-15(13)21-22/h6-10H,1-5,11H2,(H2,19,25)(H,20,23). The van der Waals surface area contributed by atoms with E-state index in [0.717, 1.165) is 43.4 Å². The van der Waals surface area contributed by atoms with Gasteiger partial charge in [-0.1, -0.05) is 6.42 Å². The van der Waals surface area contributed by atoms with E-state index < -0.39 is 5.91 Å². The Bertz CT molecular complexity index is 856. The van der Waals surface area contributed by atoms with E-state index in [1.165, 1.54) is 16.8 Å². The number of nitrogens with zero attached hydrogens (tertiary/aromatic N) is 2. The summed E-state index contributed by atoms with van der Waals surface area (Å²) in [4.78, 5) is 35.4. The van der Waals surface area contributed by atoms with Crippen molar-refractivity contribution >= 4 is 17.5 Å². The summed E-state index contributed by atoms with van der Waals surface area (Å²) in [5.41, 5.74) is 7.72. The van der Waals surface area contributed by atoms with Crippen molar-refractivity contribution in [2.75, 3.05) is 5.32 Å². The second kappa shape index (κ2) is 7.29. The maximum atomic E-state index is 12.2. The highest BCUT2D eigenvalue weighted by Gasteiger charge is 2.14. The molecule has 0 unspecified atom stereocenters. The van der Waals surface area contributed by atoms with Gasteiger partial charge in [-0.15, -0.1) is 0 Å². The van der Waals surface area contributed by atoms with E-state index in [9.17, 15) is 14.4 Å². The lowest BCUT2D eigenvalue weighted by atomic mass is 10.1. The van der Waals surface area contributed by atoms with Gasteiger partial charge in [0.25, 0.3) is 5.56 Å². The first kappa shape index (κ1) is 16.9. The Balaban J connectivity index is 1.71. The number of hydrogen-bond donors (Lipinski definition) is 2. The summed E-state index contributed by atoms with van der Waals surface area (Å²) in [6.45, 7) is -0.149. The number of aryl methyl sites for hydroxylation is 2. The second-order valence-corrected chi connectivity index (χ2v) is 6.16. The van der Waals surface area contributed by atoms with Gasteiger partial charge in [-0.3, -0.25) is 14.4 Å². The lowest BCUT2D eigenvalue weighted by Gasteiger charge is -2.10. The van der Waals surface area contributed by atoms with E-state index in [-0.39, 0.29) is 18.0 Å². The Morgan fingerprint density at radius 3 is 2.56 bits per heavy atom. The zero-order valence-corrected chi connectivity index (χ0v) is 13.8. The molecule has 7 nitrogen and oxygen atoms in total. The maximum Gasteiger partial charge on any atom is 0.267 e. The third kappa shape index (κ3) is 4.12. The smallest absolute Gasteiger partial charge is 0.267 e. The summed E-state index contributed by atoms with van der Waals surface area (Å²) in [6, 6.07) is 7.84. The van der Waals surface area contributed by atoms with E-state index >= 15 is 0 Å². The van der Waals surface area contributed by atoms with Crippen LogP contribution in [0.3, 0.4) is 0 Å². The first-order valence-electron chi connectivity index (χ1n) is 8.32. The van der Waals surface area contributed by atoms with Gasteiger partial charge >= 0.3 is 0 Å². The summed E-state index contributed by atoms with van der Waals surface area (Å²) >= 11 is 0. The van der Waals surface area contributed by atoms with Crippen LogP contribution in [-0.4, -0.2) is 21.6 Å². The largest absolute Gasteiger partial charge is 0.366 e. The number of aromatic nitrogens is 2. The predicted molar refractivity (Wildman–Crippen MR) is 93.3 cm³/mol. The SMILES string of the molecule is NC(=O)c1ccc(NC(=O)Cn2nc3c(cc2=O)CCCCC3)cc1. The van der Waals surface area contributed by atoms with Crippen molar-refractivity contribution in [3.63, 3.8) is 0 Å². The van der Waals surface area contributed by atoms with Crippen LogP contribution in [0, 0.1) is 0 Å². The number of primary amides is 1. The van der Waals surface area contributed by atoms with Crippen molar-refractivity contribution in [1.82, 2.24) is 9.78 Å². The van der Waals surface area contributed by atoms with Crippen molar-refractivity contribution < 1.29 is 9.59 Å². The number of carbonyl (C=O) groups is 2. The molecule has 25 heavy (non-hydrogen) atoms. The Hall–Kier alpha value is -2.96. The Labute approximate surface area is 144 Å². The molecule has 3 N–H and O–H groups in total. The van der Waals surface area contributed by atoms with Gasteiger partial charge in [-0.05, 0) is 55.5 Å². The monoisotopic (exact) mass is 340 g/mol. The number of amides is 2. The fourth-order valence-corrected chi connectivity index (χ4v) is 2.95. The molecule has 0 bridgehead atoms. The van der Waals surface area contributed by atoms with Crippen LogP contribution in [0.4, 0.5) is 5.69 Å². The van der Waals surface area contributed by atoms with Gasteiger partial charge in [0, 0.05) is 17.3 Å². The summed E-state index contributed by atoms with van der Waals surface area (Å²) in [6.07, 6.45) is 4.96. The Kier molecular flexibility index (Phi) is 4.92. The molecule has 0 saturated heterocycles. The van der Waals surface area contributed by atoms with Gasteiger partial charge in [-0.2, -0.15) is 5.10 Å². The third-order valence-corrected chi connectivity index (χ3v) is 4.27. The quantitative estimate of drug-likeness (QED) is 0.817. The number of fused-ring (bicyclic) bond motifs is 1. The van der Waals surface area contributed by atoms with Crippen LogP contribution in [-0.2, 0) is 24.2 Å². The van der Waals surface area contributed by atoms with E-state index in [1.807, 2.05) is 0 Å². The molecular weight excluding hydrogens is 320 g/mol. The van der Waals surface area contributed by atoms with Crippen molar-refractivity contribution in [2.45, 2.75) is 38.6 Å². The molecule has 0 fully saturated rings. The molecule has 3 rings (SSSR count). The van der Waals surface area contributed by atoms with Crippen molar-refractivity contribution in [3.8, 4) is 0 Å². The van der Waals surface area contributed by atoms with Crippen LogP contribution in [0.2, 0.25) is 0 Å². The highest BCUT2D eigenvalue weighted by Crippen LogP contribution is 2.16. The molecule has 7 heteroatoms. The Morgan fingerprint density at radius 1 is 1.12 bits per heavy atom. The fraction of sp³-hybridized carbons (Fsp3) is 0.333. The summed E-state index contributed by atoms with van der Waals surface area (Å²) in [5, 5.41) is 7.06. The first-order valence-corrected chi connectivity index (χ1v) is 8.32. The van der Waals surface area contributed by atoms with E-state index in [2.05, 4.69) is 10.4 Å². The molecule has 130 valence electrons. The fourth-order valence-electron chi connectivity index (χ4n) is 2.95. The zero-order valence-electron chi connectivity index (χ0n) is 13.8. The number of nitrogens with one attached hydrogen (secondary N) is 1. The molecule has 1 aromatic carbocycles. The predicted octanol–water partition coefficient (Wildman–Crippen LogP) is 1.25. The number of benzene rings is 1. The normalized spacial score (nSPS) is 13.6. The van der Waals surface area contributed by atoms with Crippen LogP contribution >= 0.6 is 0 Å². The molecule has 0 aliphatic heterocycles. The van der Waals surface area contributed by atoms with Crippen LogP contribution in [0.15, 0.2) is 35.1 Å². The second-order valence-electron chi connectivity index (χ2n) is 6.16. The minimum absolute atomic E-state index is 0.149. The molecule has 2 aromatic rings. The molecule has 0 atom stereocenters. The van der Waals surface area contributed by atoms with Crippen LogP contribution in [0.1, 0.15) is 40.9 Å². The molecule has 0 saturated carbocycles. The van der Waals surface area contributed by atoms with E-state index in [1.54, 1.807) is 18.2 Å². The van der Waals surface area contributed by atoms with Gasteiger partial charge in [-0.25, -0.2) is 4.68 Å². The van der Waals surface area contributed by atoms with Crippen LogP contribution < -0.4 is 16.6 Å². The van der Waals surface area contributed by atoms with Crippen molar-refractivity contribution in [1.29, 1.82) is 0 Å². The number of carbonyl (C=O) groups excluding carboxylic acids is 2. The summed E-state index contributed by atoms with van der Waals surface area (Å²) in [7, 11) is 0. The lowest BCUT2D eigenvalue weighted by molar-refractivity contribution is -0.117. The number of anilines is 1. The van der Waals surface area contributed by atoms with Crippen LogP contribution in [0.5, 0.6) is 0 Å². The highest BCUT2D eigenvalue weighted by molar-refractivity contribution is 5.94. The molecule has 2 amide bonds. The molecule has 1 aliphatic rings. The number of nitrogens with two attached hydrogens (primary N) is 1. The molecule has 0 spiro atoms. The minimum Gasteiger partial charge on any atom is -0.366 e. The number of rotatable bonds is 4. The van der Waals surface area contributed by atoms with Crippen molar-refractivity contribution in [2.24, 2.45) is 5.73 Å². The summed E-state index contributed by atoms with van der Waals surface area (Å²) in [5.74, 6) is -0.881. The summed E-state index contributed by atoms with van der Waals surface area (Å²) < 4.78 is 1.21. The lowest BCUT2D eigenvalue weighted by Crippen LogP contribution is -2.30. The highest BCUT2D eigenvalue weighted by atomic mass is 16.2. The Morgan fingerprint density at radius 2 is 1.84 bits per heavy atom. The topological polar surface area (TPSA) is 107 Å². The van der Waals surface area contributed by atoms with E-state index in [0.29, 0.717) is 11.3 Å². The first-order chi connectivity index (χ1) is 12.0. The molecular formula is C18H20N4O3. The van der Waals surface area contributed by atoms with E-state index in [4.69, 9.17) is 5.73 Å². The van der Waals surface area contributed by atoms with Gasteiger partial charge < -0.3 is 11.1 Å². The zero-order chi connectivity index (χ0) is 17.8. The molecule has 1 aliphatic carbocycles. The third-order valence-electron chi connectivity index (χ3n) is 4.27. The number of hydrogen-bond acceptors (Lipinski definition) is 4. The minimum atomic E-state index is -0.529. The average Bonchev–Trinajstić information content (AvgIpc) is 2.80. The molecule has 1 aromatic heterocycles.